The first-order valence-corrected chi connectivity index (χ1v) is 15.7. The molecule has 9 nitrogen and oxygen atoms in total. The Morgan fingerprint density at radius 1 is 0.952 bits per heavy atom. The third kappa shape index (κ3) is 4.39. The number of benzene rings is 1. The molecule has 1 spiro atoms. The van der Waals surface area contributed by atoms with Crippen molar-refractivity contribution in [1.82, 2.24) is 10.5 Å². The van der Waals surface area contributed by atoms with E-state index in [1.807, 2.05) is 31.2 Å². The number of ether oxygens (including phenoxy) is 1. The van der Waals surface area contributed by atoms with E-state index in [1.54, 1.807) is 17.9 Å². The Morgan fingerprint density at radius 2 is 1.64 bits per heavy atom. The van der Waals surface area contributed by atoms with Gasteiger partial charge in [0.2, 0.25) is 17.7 Å². The van der Waals surface area contributed by atoms with Crippen molar-refractivity contribution < 1.29 is 23.6 Å². The molecule has 2 bridgehead atoms. The molecule has 42 heavy (non-hydrogen) atoms. The molecule has 4 fully saturated rings. The first kappa shape index (κ1) is 27.4. The van der Waals surface area contributed by atoms with Gasteiger partial charge in [-0.25, -0.2) is 0 Å². The number of hydrogen-bond donors (Lipinski definition) is 2. The van der Waals surface area contributed by atoms with Crippen LogP contribution in [0.2, 0.25) is 0 Å². The van der Waals surface area contributed by atoms with E-state index in [2.05, 4.69) is 27.9 Å². The van der Waals surface area contributed by atoms with Gasteiger partial charge in [-0.1, -0.05) is 68.0 Å². The number of carbonyl (C=O) groups excluding carboxylic acids is 3. The number of rotatable bonds is 6. The molecule has 7 rings (SSSR count). The number of anilines is 2. The Morgan fingerprint density at radius 3 is 2.31 bits per heavy atom. The highest BCUT2D eigenvalue weighted by atomic mass is 16.5. The molecule has 2 saturated carbocycles. The highest BCUT2D eigenvalue weighted by molar-refractivity contribution is 6.11. The average molecular weight is 573 g/mol. The van der Waals surface area contributed by atoms with Crippen LogP contribution >= 0.6 is 0 Å². The summed E-state index contributed by atoms with van der Waals surface area (Å²) in [4.78, 5) is 44.1. The summed E-state index contributed by atoms with van der Waals surface area (Å²) in [5.41, 5.74) is -0.363. The summed E-state index contributed by atoms with van der Waals surface area (Å²) >= 11 is 0. The molecule has 1 aromatic heterocycles. The Bertz CT molecular complexity index is 1410. The van der Waals surface area contributed by atoms with Crippen LogP contribution < -0.4 is 15.5 Å². The molecule has 5 unspecified atom stereocenters. The number of fused-ring (bicyclic) bond motifs is 1. The maximum atomic E-state index is 14.5. The van der Waals surface area contributed by atoms with E-state index in [0.717, 1.165) is 25.7 Å². The molecule has 5 aliphatic rings. The van der Waals surface area contributed by atoms with Crippen LogP contribution in [0, 0.1) is 18.8 Å². The Labute approximate surface area is 246 Å². The van der Waals surface area contributed by atoms with Crippen LogP contribution in [0.15, 0.2) is 47.0 Å². The van der Waals surface area contributed by atoms with E-state index in [4.69, 9.17) is 9.26 Å². The van der Waals surface area contributed by atoms with Gasteiger partial charge in [-0.15, -0.1) is 0 Å². The minimum atomic E-state index is -1.26. The van der Waals surface area contributed by atoms with Gasteiger partial charge in [0, 0.05) is 17.8 Å². The number of carbonyl (C=O) groups is 3. The van der Waals surface area contributed by atoms with Crippen molar-refractivity contribution in [2.24, 2.45) is 11.8 Å². The highest BCUT2D eigenvalue weighted by Gasteiger charge is 2.76. The van der Waals surface area contributed by atoms with E-state index < -0.39 is 29.1 Å². The van der Waals surface area contributed by atoms with Crippen LogP contribution in [0.25, 0.3) is 0 Å². The molecule has 222 valence electrons. The highest BCUT2D eigenvalue weighted by Crippen LogP contribution is 2.60. The van der Waals surface area contributed by atoms with E-state index in [0.29, 0.717) is 17.4 Å². The minimum Gasteiger partial charge on any atom is -0.360 e. The summed E-state index contributed by atoms with van der Waals surface area (Å²) in [6, 6.07) is 8.91. The molecular formula is C33H40N4O5. The fraction of sp³-hybridized carbons (Fsp3) is 0.576. The van der Waals surface area contributed by atoms with Gasteiger partial charge in [-0.05, 0) is 63.1 Å². The number of amides is 3. The van der Waals surface area contributed by atoms with Gasteiger partial charge in [0.05, 0.1) is 17.4 Å². The average Bonchev–Trinajstić information content (AvgIpc) is 3.70. The second-order valence-electron chi connectivity index (χ2n) is 13.1. The first-order chi connectivity index (χ1) is 20.3. The van der Waals surface area contributed by atoms with E-state index >= 15 is 0 Å². The number of nitrogens with zero attached hydrogens (tertiary/aromatic N) is 2. The van der Waals surface area contributed by atoms with Crippen molar-refractivity contribution in [3.8, 4) is 0 Å². The third-order valence-electron chi connectivity index (χ3n) is 10.3. The number of aromatic nitrogens is 1. The molecule has 2 aromatic rings. The monoisotopic (exact) mass is 572 g/mol. The normalized spacial score (nSPS) is 32.8. The molecular weight excluding hydrogens is 532 g/mol. The predicted molar refractivity (Wildman–Crippen MR) is 157 cm³/mol. The van der Waals surface area contributed by atoms with Gasteiger partial charge in [-0.3, -0.25) is 19.3 Å². The van der Waals surface area contributed by atoms with E-state index in [1.165, 1.54) is 44.1 Å². The van der Waals surface area contributed by atoms with E-state index in [-0.39, 0.29) is 29.6 Å². The Balaban J connectivity index is 1.24. The number of hydrogen-bond acceptors (Lipinski definition) is 6. The maximum absolute atomic E-state index is 14.5. The van der Waals surface area contributed by atoms with Gasteiger partial charge in [-0.2, -0.15) is 0 Å². The minimum absolute atomic E-state index is 0.0694. The molecule has 0 radical (unpaired) electrons. The maximum Gasteiger partial charge on any atom is 0.246 e. The predicted octanol–water partition coefficient (Wildman–Crippen LogP) is 5.16. The van der Waals surface area contributed by atoms with Crippen molar-refractivity contribution in [2.75, 3.05) is 10.2 Å². The van der Waals surface area contributed by atoms with Crippen molar-refractivity contribution in [3.63, 3.8) is 0 Å². The molecule has 2 saturated heterocycles. The van der Waals surface area contributed by atoms with Crippen molar-refractivity contribution in [3.05, 3.63) is 53.8 Å². The van der Waals surface area contributed by atoms with E-state index in [9.17, 15) is 14.4 Å². The number of nitrogens with one attached hydrogen (secondary N) is 2. The zero-order valence-electron chi connectivity index (χ0n) is 24.4. The fourth-order valence-corrected chi connectivity index (χ4v) is 8.31. The lowest BCUT2D eigenvalue weighted by Crippen LogP contribution is -2.56. The fourth-order valence-electron chi connectivity index (χ4n) is 8.31. The van der Waals surface area contributed by atoms with Crippen molar-refractivity contribution >= 4 is 29.2 Å². The molecule has 2 aliphatic carbocycles. The lowest BCUT2D eigenvalue weighted by Gasteiger charge is -2.34. The van der Waals surface area contributed by atoms with Crippen molar-refractivity contribution in [1.29, 1.82) is 0 Å². The smallest absolute Gasteiger partial charge is 0.246 e. The summed E-state index contributed by atoms with van der Waals surface area (Å²) in [5, 5.41) is 9.99. The summed E-state index contributed by atoms with van der Waals surface area (Å²) in [6.45, 7) is 3.57. The standard InChI is InChI=1S/C33H40N4O5/c1-20-19-25(36-41-20)35-29(38)26-27-31(40)37(24-15-13-22(14-16-24)21-9-5-3-6-10-21)28(33(27)18-17-32(26,2)42-33)30(39)34-23-11-7-4-8-12-23/h13-19,21,23,26-28H,3-12H2,1-2H3,(H,34,39)(H,35,36,38). The van der Waals surface area contributed by atoms with Crippen LogP contribution in [0.1, 0.15) is 88.4 Å². The summed E-state index contributed by atoms with van der Waals surface area (Å²) in [6.07, 6.45) is 15.0. The zero-order valence-corrected chi connectivity index (χ0v) is 24.4. The molecule has 9 heteroatoms. The van der Waals surface area contributed by atoms with Crippen LogP contribution in [-0.2, 0) is 19.1 Å². The summed E-state index contributed by atoms with van der Waals surface area (Å²) in [5.74, 6) is -1.20. The molecule has 4 heterocycles. The second kappa shape index (κ2) is 10.4. The second-order valence-corrected chi connectivity index (χ2v) is 13.1. The van der Waals surface area contributed by atoms with Gasteiger partial charge in [0.1, 0.15) is 17.4 Å². The lowest BCUT2D eigenvalue weighted by molar-refractivity contribution is -0.131. The summed E-state index contributed by atoms with van der Waals surface area (Å²) < 4.78 is 11.8. The molecule has 5 atom stereocenters. The molecule has 3 aliphatic heterocycles. The largest absolute Gasteiger partial charge is 0.360 e. The molecule has 2 N–H and O–H groups in total. The van der Waals surface area contributed by atoms with Gasteiger partial charge in [0.25, 0.3) is 0 Å². The Hall–Kier alpha value is -3.46. The SMILES string of the molecule is Cc1cc(NC(=O)C2C3C(=O)N(c4ccc(C5CCCCC5)cc4)C(C(=O)NC4CCCCC4)C34C=CC2(C)O4)no1. The Kier molecular flexibility index (Phi) is 6.76. The third-order valence-corrected chi connectivity index (χ3v) is 10.3. The summed E-state index contributed by atoms with van der Waals surface area (Å²) in [7, 11) is 0. The molecule has 3 amide bonds. The van der Waals surface area contributed by atoms with Gasteiger partial charge >= 0.3 is 0 Å². The van der Waals surface area contributed by atoms with Crippen LogP contribution in [0.4, 0.5) is 11.5 Å². The lowest BCUT2D eigenvalue weighted by atomic mass is 9.70. The van der Waals surface area contributed by atoms with Gasteiger partial charge < -0.3 is 19.9 Å². The topological polar surface area (TPSA) is 114 Å². The number of aryl methyl sites for hydroxylation is 1. The first-order valence-electron chi connectivity index (χ1n) is 15.7. The van der Waals surface area contributed by atoms with Crippen molar-refractivity contribution in [2.45, 2.75) is 107 Å². The van der Waals surface area contributed by atoms with Gasteiger partial charge in [0.15, 0.2) is 5.82 Å². The van der Waals surface area contributed by atoms with Crippen LogP contribution in [0.3, 0.4) is 0 Å². The quantitative estimate of drug-likeness (QED) is 0.462. The van der Waals surface area contributed by atoms with Crippen LogP contribution in [0.5, 0.6) is 0 Å². The molecule has 1 aromatic carbocycles. The zero-order chi connectivity index (χ0) is 29.1. The van der Waals surface area contributed by atoms with Crippen LogP contribution in [-0.4, -0.2) is 46.2 Å².